The van der Waals surface area contributed by atoms with E-state index in [4.69, 9.17) is 11.6 Å². The van der Waals surface area contributed by atoms with Gasteiger partial charge in [0, 0.05) is 8.04 Å². The number of benzene rings is 2. The monoisotopic (exact) mass is 436 g/mol. The maximum absolute atomic E-state index is 9.74. The molecule has 0 aromatic heterocycles. The summed E-state index contributed by atoms with van der Waals surface area (Å²) >= 11 is 11.3. The van der Waals surface area contributed by atoms with Crippen molar-refractivity contribution in [3.05, 3.63) is 49.5 Å². The van der Waals surface area contributed by atoms with Crippen LogP contribution in [-0.2, 0) is 0 Å². The Kier molecular flexibility index (Phi) is 4.58. The highest BCUT2D eigenvalue weighted by Gasteiger charge is 2.06. The van der Waals surface area contributed by atoms with E-state index >= 15 is 0 Å². The van der Waals surface area contributed by atoms with Crippen molar-refractivity contribution in [2.75, 3.05) is 0 Å². The van der Waals surface area contributed by atoms with Crippen LogP contribution in [0.25, 0.3) is 0 Å². The summed E-state index contributed by atoms with van der Waals surface area (Å²) in [5.41, 5.74) is 1.04. The maximum atomic E-state index is 9.74. The lowest BCUT2D eigenvalue weighted by Gasteiger charge is -2.01. The van der Waals surface area contributed by atoms with Crippen molar-refractivity contribution in [3.8, 4) is 5.75 Å². The molecule has 92 valence electrons. The van der Waals surface area contributed by atoms with Gasteiger partial charge in [0.1, 0.15) is 5.69 Å². The second kappa shape index (κ2) is 5.99. The predicted octanol–water partition coefficient (Wildman–Crippen LogP) is 5.83. The van der Waals surface area contributed by atoms with Crippen LogP contribution in [-0.4, -0.2) is 5.11 Å². The first-order valence-corrected chi connectivity index (χ1v) is 7.16. The van der Waals surface area contributed by atoms with Crippen molar-refractivity contribution in [2.24, 2.45) is 10.2 Å². The van der Waals surface area contributed by atoms with E-state index in [9.17, 15) is 5.11 Å². The van der Waals surface area contributed by atoms with Crippen LogP contribution in [0.5, 0.6) is 5.75 Å². The average Bonchev–Trinajstić information content (AvgIpc) is 2.34. The Balaban J connectivity index is 2.31. The lowest BCUT2D eigenvalue weighted by atomic mass is 10.3. The molecule has 0 aliphatic carbocycles. The fourth-order valence-electron chi connectivity index (χ4n) is 1.25. The van der Waals surface area contributed by atoms with Gasteiger partial charge in [0.15, 0.2) is 5.75 Å². The molecule has 2 rings (SSSR count). The van der Waals surface area contributed by atoms with E-state index < -0.39 is 0 Å². The van der Waals surface area contributed by atoms with Crippen LogP contribution in [0.4, 0.5) is 11.4 Å². The molecule has 2 aromatic rings. The Morgan fingerprint density at radius 3 is 2.44 bits per heavy atom. The standard InChI is InChI=1S/C12H7BrClIN2O/c13-7-5-10(14)12(18)11(6-7)17-16-9-3-1-8(15)2-4-9/h1-6,18H. The van der Waals surface area contributed by atoms with Gasteiger partial charge in [-0.3, -0.25) is 0 Å². The quantitative estimate of drug-likeness (QED) is 0.466. The molecular weight excluding hydrogens is 430 g/mol. The molecule has 6 heteroatoms. The molecule has 3 nitrogen and oxygen atoms in total. The summed E-state index contributed by atoms with van der Waals surface area (Å²) in [4.78, 5) is 0. The maximum Gasteiger partial charge on any atom is 0.161 e. The van der Waals surface area contributed by atoms with E-state index in [0.717, 1.165) is 8.04 Å². The molecule has 2 aromatic carbocycles. The number of hydrogen-bond donors (Lipinski definition) is 1. The van der Waals surface area contributed by atoms with Crippen LogP contribution in [0.15, 0.2) is 51.1 Å². The smallest absolute Gasteiger partial charge is 0.161 e. The zero-order chi connectivity index (χ0) is 13.1. The van der Waals surface area contributed by atoms with E-state index in [1.54, 1.807) is 12.1 Å². The van der Waals surface area contributed by atoms with Crippen molar-refractivity contribution in [1.82, 2.24) is 0 Å². The van der Waals surface area contributed by atoms with E-state index in [1.807, 2.05) is 24.3 Å². The van der Waals surface area contributed by atoms with Crippen molar-refractivity contribution >= 4 is 61.5 Å². The van der Waals surface area contributed by atoms with Crippen LogP contribution >= 0.6 is 50.1 Å². The fourth-order valence-corrected chi connectivity index (χ4v) is 2.40. The number of rotatable bonds is 2. The minimum absolute atomic E-state index is 0.0749. The van der Waals surface area contributed by atoms with Gasteiger partial charge in [0.2, 0.25) is 0 Å². The molecule has 0 unspecified atom stereocenters. The minimum Gasteiger partial charge on any atom is -0.504 e. The summed E-state index contributed by atoms with van der Waals surface area (Å²) < 4.78 is 1.86. The topological polar surface area (TPSA) is 45.0 Å². The van der Waals surface area contributed by atoms with Crippen LogP contribution < -0.4 is 0 Å². The molecule has 0 aliphatic rings. The Morgan fingerprint density at radius 2 is 1.78 bits per heavy atom. The van der Waals surface area contributed by atoms with Crippen LogP contribution in [0.2, 0.25) is 5.02 Å². The van der Waals surface area contributed by atoms with Gasteiger partial charge in [-0.1, -0.05) is 27.5 Å². The summed E-state index contributed by atoms with van der Waals surface area (Å²) in [6.45, 7) is 0. The number of halogens is 3. The zero-order valence-corrected chi connectivity index (χ0v) is 13.4. The molecule has 0 saturated carbocycles. The lowest BCUT2D eigenvalue weighted by Crippen LogP contribution is -1.72. The van der Waals surface area contributed by atoms with Crippen LogP contribution in [0.1, 0.15) is 0 Å². The lowest BCUT2D eigenvalue weighted by molar-refractivity contribution is 0.476. The predicted molar refractivity (Wildman–Crippen MR) is 84.2 cm³/mol. The van der Waals surface area contributed by atoms with Crippen LogP contribution in [0.3, 0.4) is 0 Å². The van der Waals surface area contributed by atoms with Gasteiger partial charge in [0.25, 0.3) is 0 Å². The largest absolute Gasteiger partial charge is 0.504 e. The molecule has 0 heterocycles. The SMILES string of the molecule is Oc1c(Cl)cc(Br)cc1N=Nc1ccc(I)cc1. The molecule has 0 amide bonds. The fraction of sp³-hybridized carbons (Fsp3) is 0. The highest BCUT2D eigenvalue weighted by molar-refractivity contribution is 14.1. The van der Waals surface area contributed by atoms with E-state index in [0.29, 0.717) is 11.4 Å². The van der Waals surface area contributed by atoms with Crippen molar-refractivity contribution in [2.45, 2.75) is 0 Å². The summed E-state index contributed by atoms with van der Waals surface area (Å²) in [5.74, 6) is -0.0749. The first-order chi connectivity index (χ1) is 8.56. The molecule has 1 N–H and O–H groups in total. The van der Waals surface area contributed by atoms with Gasteiger partial charge < -0.3 is 5.11 Å². The van der Waals surface area contributed by atoms with Gasteiger partial charge in [-0.2, -0.15) is 5.11 Å². The number of phenolic OH excluding ortho intramolecular Hbond substituents is 1. The number of aromatic hydroxyl groups is 1. The Labute approximate surface area is 131 Å². The molecule has 0 atom stereocenters. The number of hydrogen-bond acceptors (Lipinski definition) is 3. The van der Waals surface area contributed by atoms with Gasteiger partial charge in [-0.25, -0.2) is 0 Å². The zero-order valence-electron chi connectivity index (χ0n) is 8.94. The minimum atomic E-state index is -0.0749. The summed E-state index contributed by atoms with van der Waals surface area (Å²) in [6, 6.07) is 10.8. The Bertz CT molecular complexity index is 602. The first-order valence-electron chi connectivity index (χ1n) is 4.91. The second-order valence-electron chi connectivity index (χ2n) is 3.43. The number of phenols is 1. The molecular formula is C12H7BrClIN2O. The van der Waals surface area contributed by atoms with Crippen molar-refractivity contribution in [1.29, 1.82) is 0 Å². The van der Waals surface area contributed by atoms with Gasteiger partial charge in [-0.05, 0) is 59.0 Å². The second-order valence-corrected chi connectivity index (χ2v) is 6.00. The highest BCUT2D eigenvalue weighted by Crippen LogP contribution is 2.37. The molecule has 0 bridgehead atoms. The van der Waals surface area contributed by atoms with Crippen molar-refractivity contribution < 1.29 is 5.11 Å². The molecule has 0 fully saturated rings. The van der Waals surface area contributed by atoms with E-state index in [1.165, 1.54) is 0 Å². The van der Waals surface area contributed by atoms with E-state index in [-0.39, 0.29) is 10.8 Å². The highest BCUT2D eigenvalue weighted by atomic mass is 127. The molecule has 0 radical (unpaired) electrons. The third-order valence-electron chi connectivity index (χ3n) is 2.11. The third-order valence-corrected chi connectivity index (χ3v) is 3.57. The van der Waals surface area contributed by atoms with E-state index in [2.05, 4.69) is 48.7 Å². The van der Waals surface area contributed by atoms with Gasteiger partial charge in [0.05, 0.1) is 10.7 Å². The summed E-state index contributed by atoms with van der Waals surface area (Å²) in [7, 11) is 0. The van der Waals surface area contributed by atoms with Crippen molar-refractivity contribution in [3.63, 3.8) is 0 Å². The normalized spacial score (nSPS) is 11.1. The van der Waals surface area contributed by atoms with Gasteiger partial charge in [-0.15, -0.1) is 5.11 Å². The number of nitrogens with zero attached hydrogens (tertiary/aromatic N) is 2. The summed E-state index contributed by atoms with van der Waals surface area (Å²) in [6.07, 6.45) is 0. The van der Waals surface area contributed by atoms with Gasteiger partial charge >= 0.3 is 0 Å². The first kappa shape index (κ1) is 13.8. The molecule has 0 spiro atoms. The van der Waals surface area contributed by atoms with Crippen LogP contribution in [0, 0.1) is 3.57 Å². The third kappa shape index (κ3) is 3.43. The number of azo groups is 1. The average molecular weight is 437 g/mol. The molecule has 0 aliphatic heterocycles. The summed E-state index contributed by atoms with van der Waals surface area (Å²) in [5, 5.41) is 18.0. The molecule has 18 heavy (non-hydrogen) atoms. The molecule has 0 saturated heterocycles. The Hall–Kier alpha value is -0.660. The Morgan fingerprint density at radius 1 is 1.11 bits per heavy atom.